The summed E-state index contributed by atoms with van der Waals surface area (Å²) >= 11 is 0. The van der Waals surface area contributed by atoms with Gasteiger partial charge in [-0.25, -0.2) is 12.8 Å². The number of para-hydroxylation sites is 1. The number of fused-ring (bicyclic) bond motifs is 1. The first-order chi connectivity index (χ1) is 9.98. The van der Waals surface area contributed by atoms with Crippen LogP contribution in [0, 0.1) is 11.7 Å². The smallest absolute Gasteiger partial charge is 0.169 e. The third-order valence-electron chi connectivity index (χ3n) is 4.10. The second-order valence-corrected chi connectivity index (χ2v) is 7.88. The fraction of sp³-hybridized carbons (Fsp3) is 0.467. The number of hydrogen-bond donors (Lipinski definition) is 1. The molecular weight excluding hydrogens is 293 g/mol. The van der Waals surface area contributed by atoms with Crippen LogP contribution in [0.1, 0.15) is 24.6 Å². The molecule has 1 fully saturated rings. The molecule has 1 aromatic carbocycles. The van der Waals surface area contributed by atoms with Crippen LogP contribution in [0.2, 0.25) is 0 Å². The molecule has 6 heteroatoms. The Morgan fingerprint density at radius 3 is 2.90 bits per heavy atom. The van der Waals surface area contributed by atoms with Crippen molar-refractivity contribution in [3.05, 3.63) is 35.8 Å². The summed E-state index contributed by atoms with van der Waals surface area (Å²) < 4.78 is 42.4. The van der Waals surface area contributed by atoms with Crippen LogP contribution < -0.4 is 5.32 Å². The van der Waals surface area contributed by atoms with Crippen molar-refractivity contribution in [2.75, 3.05) is 18.6 Å². The lowest BCUT2D eigenvalue weighted by molar-refractivity contribution is 0.377. The van der Waals surface area contributed by atoms with Crippen molar-refractivity contribution in [1.29, 1.82) is 0 Å². The highest BCUT2D eigenvalue weighted by Gasteiger charge is 2.30. The van der Waals surface area contributed by atoms with Crippen LogP contribution in [0.25, 0.3) is 11.0 Å². The Hall–Kier alpha value is -1.40. The summed E-state index contributed by atoms with van der Waals surface area (Å²) in [6, 6.07) is 6.54. The van der Waals surface area contributed by atoms with Gasteiger partial charge in [0, 0.05) is 5.39 Å². The van der Waals surface area contributed by atoms with Crippen LogP contribution in [-0.4, -0.2) is 27.0 Å². The molecule has 2 heterocycles. The molecule has 1 saturated heterocycles. The normalized spacial score (nSPS) is 22.7. The van der Waals surface area contributed by atoms with Gasteiger partial charge < -0.3 is 9.73 Å². The highest BCUT2D eigenvalue weighted by Crippen LogP contribution is 2.32. The number of nitrogens with one attached hydrogen (secondary N) is 1. The Labute approximate surface area is 123 Å². The molecule has 2 unspecified atom stereocenters. The van der Waals surface area contributed by atoms with E-state index in [9.17, 15) is 12.8 Å². The quantitative estimate of drug-likeness (QED) is 0.943. The zero-order valence-corrected chi connectivity index (χ0v) is 12.6. The Morgan fingerprint density at radius 2 is 2.29 bits per heavy atom. The summed E-state index contributed by atoms with van der Waals surface area (Å²) in [6.45, 7) is 0. The Balaban J connectivity index is 1.83. The van der Waals surface area contributed by atoms with Crippen molar-refractivity contribution in [1.82, 2.24) is 5.32 Å². The van der Waals surface area contributed by atoms with Crippen molar-refractivity contribution in [2.45, 2.75) is 18.9 Å². The summed E-state index contributed by atoms with van der Waals surface area (Å²) in [4.78, 5) is 0. The summed E-state index contributed by atoms with van der Waals surface area (Å²) in [5.74, 6) is 0.910. The first-order valence-corrected chi connectivity index (χ1v) is 8.86. The molecule has 0 saturated carbocycles. The zero-order chi connectivity index (χ0) is 15.0. The summed E-state index contributed by atoms with van der Waals surface area (Å²) in [5, 5.41) is 3.87. The van der Waals surface area contributed by atoms with E-state index in [4.69, 9.17) is 4.42 Å². The van der Waals surface area contributed by atoms with E-state index in [0.717, 1.165) is 5.39 Å². The van der Waals surface area contributed by atoms with Crippen LogP contribution in [0.5, 0.6) is 0 Å². The fourth-order valence-electron chi connectivity index (χ4n) is 2.99. The van der Waals surface area contributed by atoms with Crippen LogP contribution in [0.4, 0.5) is 4.39 Å². The lowest BCUT2D eigenvalue weighted by Gasteiger charge is -2.17. The Morgan fingerprint density at radius 1 is 1.48 bits per heavy atom. The summed E-state index contributed by atoms with van der Waals surface area (Å²) in [6.07, 6.45) is 1.37. The fourth-order valence-corrected chi connectivity index (χ4v) is 4.87. The molecule has 1 aliphatic heterocycles. The van der Waals surface area contributed by atoms with E-state index in [-0.39, 0.29) is 34.9 Å². The van der Waals surface area contributed by atoms with Crippen molar-refractivity contribution < 1.29 is 17.2 Å². The SMILES string of the molecule is CNC(CC1CCS(=O)(=O)C1)c1cc2cccc(F)c2o1. The number of sulfone groups is 1. The molecule has 3 rings (SSSR count). The van der Waals surface area contributed by atoms with Crippen LogP contribution in [0.15, 0.2) is 28.7 Å². The molecule has 1 aliphatic rings. The highest BCUT2D eigenvalue weighted by molar-refractivity contribution is 7.91. The molecule has 1 aromatic heterocycles. The zero-order valence-electron chi connectivity index (χ0n) is 11.8. The predicted octanol–water partition coefficient (Wildman–Crippen LogP) is 2.66. The van der Waals surface area contributed by atoms with E-state index >= 15 is 0 Å². The predicted molar refractivity (Wildman–Crippen MR) is 79.4 cm³/mol. The van der Waals surface area contributed by atoms with Gasteiger partial charge in [0.05, 0.1) is 17.5 Å². The first kappa shape index (κ1) is 14.5. The van der Waals surface area contributed by atoms with E-state index in [2.05, 4.69) is 5.32 Å². The molecule has 2 atom stereocenters. The lowest BCUT2D eigenvalue weighted by atomic mass is 9.98. The van der Waals surface area contributed by atoms with E-state index in [1.807, 2.05) is 6.07 Å². The van der Waals surface area contributed by atoms with Crippen LogP contribution >= 0.6 is 0 Å². The monoisotopic (exact) mass is 311 g/mol. The highest BCUT2D eigenvalue weighted by atomic mass is 32.2. The van der Waals surface area contributed by atoms with Crippen molar-refractivity contribution in [3.8, 4) is 0 Å². The first-order valence-electron chi connectivity index (χ1n) is 7.04. The topological polar surface area (TPSA) is 59.3 Å². The largest absolute Gasteiger partial charge is 0.456 e. The molecule has 0 aliphatic carbocycles. The summed E-state index contributed by atoms with van der Waals surface area (Å²) in [7, 11) is -1.08. The van der Waals surface area contributed by atoms with Gasteiger partial charge in [0.25, 0.3) is 0 Å². The number of furan rings is 1. The number of rotatable bonds is 4. The van der Waals surface area contributed by atoms with Gasteiger partial charge in [-0.3, -0.25) is 0 Å². The van der Waals surface area contributed by atoms with Gasteiger partial charge in [-0.2, -0.15) is 0 Å². The van der Waals surface area contributed by atoms with Crippen molar-refractivity contribution >= 4 is 20.8 Å². The average molecular weight is 311 g/mol. The Kier molecular flexibility index (Phi) is 3.75. The molecule has 2 aromatic rings. The van der Waals surface area contributed by atoms with Gasteiger partial charge in [-0.05, 0) is 37.9 Å². The molecule has 4 nitrogen and oxygen atoms in total. The second-order valence-electron chi connectivity index (χ2n) is 5.65. The van der Waals surface area contributed by atoms with Gasteiger partial charge in [0.1, 0.15) is 5.76 Å². The van der Waals surface area contributed by atoms with Crippen LogP contribution in [0.3, 0.4) is 0 Å². The maximum Gasteiger partial charge on any atom is 0.169 e. The molecular formula is C15H18FNO3S. The molecule has 0 radical (unpaired) electrons. The van der Waals surface area contributed by atoms with Gasteiger partial charge in [0.15, 0.2) is 21.2 Å². The van der Waals surface area contributed by atoms with E-state index < -0.39 is 9.84 Å². The minimum absolute atomic E-state index is 0.102. The molecule has 0 bridgehead atoms. The van der Waals surface area contributed by atoms with Gasteiger partial charge in [-0.1, -0.05) is 12.1 Å². The minimum Gasteiger partial charge on any atom is -0.456 e. The lowest BCUT2D eigenvalue weighted by Crippen LogP contribution is -2.20. The molecule has 114 valence electrons. The van der Waals surface area contributed by atoms with Gasteiger partial charge in [0.2, 0.25) is 0 Å². The average Bonchev–Trinajstić information content (AvgIpc) is 3.00. The third kappa shape index (κ3) is 2.96. The standard InChI is InChI=1S/C15H18FNO3S/c1-17-13(7-10-5-6-21(18,19)9-10)14-8-11-3-2-4-12(16)15(11)20-14/h2-4,8,10,13,17H,5-7,9H2,1H3. The van der Waals surface area contributed by atoms with E-state index in [0.29, 0.717) is 18.6 Å². The van der Waals surface area contributed by atoms with Crippen molar-refractivity contribution in [2.24, 2.45) is 5.92 Å². The molecule has 0 amide bonds. The van der Waals surface area contributed by atoms with Gasteiger partial charge >= 0.3 is 0 Å². The maximum absolute atomic E-state index is 13.7. The van der Waals surface area contributed by atoms with Crippen molar-refractivity contribution in [3.63, 3.8) is 0 Å². The summed E-state index contributed by atoms with van der Waals surface area (Å²) in [5.41, 5.74) is 0.256. The molecule has 21 heavy (non-hydrogen) atoms. The number of benzene rings is 1. The minimum atomic E-state index is -2.88. The second kappa shape index (κ2) is 5.42. The molecule has 0 spiro atoms. The van der Waals surface area contributed by atoms with Gasteiger partial charge in [-0.15, -0.1) is 0 Å². The molecule has 1 N–H and O–H groups in total. The maximum atomic E-state index is 13.7. The Bertz CT molecular complexity index is 753. The number of halogens is 1. The van der Waals surface area contributed by atoms with E-state index in [1.165, 1.54) is 6.07 Å². The van der Waals surface area contributed by atoms with E-state index in [1.54, 1.807) is 19.2 Å². The third-order valence-corrected chi connectivity index (χ3v) is 5.94. The van der Waals surface area contributed by atoms with Crippen LogP contribution in [-0.2, 0) is 9.84 Å². The number of hydrogen-bond acceptors (Lipinski definition) is 4.